The van der Waals surface area contributed by atoms with Gasteiger partial charge < -0.3 is 4.79 Å². The molecule has 1 unspecified atom stereocenters. The molecule has 0 amide bonds. The van der Waals surface area contributed by atoms with Crippen LogP contribution in [0.2, 0.25) is 0 Å². The highest BCUT2D eigenvalue weighted by molar-refractivity contribution is 5.50. The van der Waals surface area contributed by atoms with E-state index in [1.54, 1.807) is 0 Å². The van der Waals surface area contributed by atoms with Crippen LogP contribution in [-0.2, 0) is 4.79 Å². The second kappa shape index (κ2) is 8.55. The molecule has 0 aliphatic carbocycles. The van der Waals surface area contributed by atoms with Gasteiger partial charge in [0, 0.05) is 6.42 Å². The van der Waals surface area contributed by atoms with Crippen LogP contribution in [0.25, 0.3) is 0 Å². The molecule has 0 N–H and O–H groups in total. The van der Waals surface area contributed by atoms with Crippen molar-refractivity contribution >= 4 is 6.29 Å². The van der Waals surface area contributed by atoms with Gasteiger partial charge in [0.15, 0.2) is 0 Å². The van der Waals surface area contributed by atoms with Gasteiger partial charge in [-0.05, 0) is 37.0 Å². The van der Waals surface area contributed by atoms with Crippen molar-refractivity contribution in [1.29, 1.82) is 0 Å². The van der Waals surface area contributed by atoms with Gasteiger partial charge in [0.05, 0.1) is 0 Å². The molecular formula is C15H28O. The molecule has 0 aromatic carbocycles. The van der Waals surface area contributed by atoms with Crippen molar-refractivity contribution in [2.24, 2.45) is 11.3 Å². The third-order valence-corrected chi connectivity index (χ3v) is 3.17. The maximum absolute atomic E-state index is 10.7. The Labute approximate surface area is 101 Å². The molecule has 1 atom stereocenters. The van der Waals surface area contributed by atoms with E-state index >= 15 is 0 Å². The van der Waals surface area contributed by atoms with Crippen LogP contribution in [-0.4, -0.2) is 6.29 Å². The lowest BCUT2D eigenvalue weighted by molar-refractivity contribution is -0.110. The topological polar surface area (TPSA) is 17.1 Å². The predicted molar refractivity (Wildman–Crippen MR) is 71.5 cm³/mol. The minimum Gasteiger partial charge on any atom is -0.303 e. The molecule has 0 radical (unpaired) electrons. The second-order valence-electron chi connectivity index (χ2n) is 5.67. The Morgan fingerprint density at radius 3 is 2.44 bits per heavy atom. The highest BCUT2D eigenvalue weighted by Crippen LogP contribution is 2.34. The third-order valence-electron chi connectivity index (χ3n) is 3.17. The lowest BCUT2D eigenvalue weighted by Crippen LogP contribution is -2.19. The van der Waals surface area contributed by atoms with Gasteiger partial charge >= 0.3 is 0 Å². The zero-order valence-electron chi connectivity index (χ0n) is 11.3. The Morgan fingerprint density at radius 1 is 1.25 bits per heavy atom. The molecular weight excluding hydrogens is 196 g/mol. The van der Waals surface area contributed by atoms with Crippen LogP contribution in [0.5, 0.6) is 0 Å². The van der Waals surface area contributed by atoms with Crippen molar-refractivity contribution in [1.82, 2.24) is 0 Å². The fourth-order valence-corrected chi connectivity index (χ4v) is 2.49. The summed E-state index contributed by atoms with van der Waals surface area (Å²) in [4.78, 5) is 10.7. The van der Waals surface area contributed by atoms with E-state index in [1.807, 2.05) is 6.08 Å². The highest BCUT2D eigenvalue weighted by atomic mass is 16.1. The molecule has 0 saturated heterocycles. The van der Waals surface area contributed by atoms with Crippen LogP contribution in [0.4, 0.5) is 0 Å². The first kappa shape index (κ1) is 15.4. The fraction of sp³-hybridized carbons (Fsp3) is 0.800. The summed E-state index contributed by atoms with van der Waals surface area (Å²) in [6, 6.07) is 0. The standard InChI is InChI=1S/C15H28O/c1-5-6-7-8-9-10-15(4,11-12-16)13-14(2)3/h5,12,14H,1,6-11,13H2,2-4H3. The largest absolute Gasteiger partial charge is 0.303 e. The zero-order chi connectivity index (χ0) is 12.4. The van der Waals surface area contributed by atoms with Crippen LogP contribution >= 0.6 is 0 Å². The molecule has 0 spiro atoms. The van der Waals surface area contributed by atoms with E-state index in [9.17, 15) is 4.79 Å². The first-order chi connectivity index (χ1) is 7.54. The van der Waals surface area contributed by atoms with Gasteiger partial charge in [0.2, 0.25) is 0 Å². The van der Waals surface area contributed by atoms with Gasteiger partial charge in [-0.2, -0.15) is 0 Å². The molecule has 0 aliphatic rings. The fourth-order valence-electron chi connectivity index (χ4n) is 2.49. The van der Waals surface area contributed by atoms with E-state index in [0.717, 1.165) is 19.1 Å². The maximum atomic E-state index is 10.7. The summed E-state index contributed by atoms with van der Waals surface area (Å²) in [6.45, 7) is 10.5. The summed E-state index contributed by atoms with van der Waals surface area (Å²) in [7, 11) is 0. The van der Waals surface area contributed by atoms with E-state index in [4.69, 9.17) is 0 Å². The average Bonchev–Trinajstić information content (AvgIpc) is 2.16. The minimum absolute atomic E-state index is 0.226. The monoisotopic (exact) mass is 224 g/mol. The number of hydrogen-bond acceptors (Lipinski definition) is 1. The van der Waals surface area contributed by atoms with Crippen molar-refractivity contribution in [3.63, 3.8) is 0 Å². The molecule has 0 fully saturated rings. The summed E-state index contributed by atoms with van der Waals surface area (Å²) in [5, 5.41) is 0. The summed E-state index contributed by atoms with van der Waals surface area (Å²) in [5.74, 6) is 0.679. The Morgan fingerprint density at radius 2 is 1.94 bits per heavy atom. The number of unbranched alkanes of at least 4 members (excludes halogenated alkanes) is 3. The Balaban J connectivity index is 3.91. The molecule has 0 heterocycles. The lowest BCUT2D eigenvalue weighted by Gasteiger charge is -2.29. The number of carbonyl (C=O) groups is 1. The van der Waals surface area contributed by atoms with Crippen molar-refractivity contribution in [3.8, 4) is 0 Å². The molecule has 94 valence electrons. The number of hydrogen-bond donors (Lipinski definition) is 0. The van der Waals surface area contributed by atoms with E-state index in [1.165, 1.54) is 25.7 Å². The van der Waals surface area contributed by atoms with Crippen molar-refractivity contribution in [3.05, 3.63) is 12.7 Å². The maximum Gasteiger partial charge on any atom is 0.120 e. The summed E-state index contributed by atoms with van der Waals surface area (Å²) in [5.41, 5.74) is 0.226. The SMILES string of the molecule is C=CCCCCCC(C)(CC=O)CC(C)C. The number of carbonyl (C=O) groups excluding carboxylic acids is 1. The van der Waals surface area contributed by atoms with Gasteiger partial charge in [-0.25, -0.2) is 0 Å². The van der Waals surface area contributed by atoms with Crippen molar-refractivity contribution < 1.29 is 4.79 Å². The normalized spacial score (nSPS) is 14.8. The molecule has 1 nitrogen and oxygen atoms in total. The Kier molecular flexibility index (Phi) is 8.23. The van der Waals surface area contributed by atoms with Crippen molar-refractivity contribution in [2.45, 2.75) is 65.7 Å². The number of allylic oxidation sites excluding steroid dienone is 1. The molecule has 0 aromatic rings. The van der Waals surface area contributed by atoms with Gasteiger partial charge in [-0.1, -0.05) is 39.7 Å². The average molecular weight is 224 g/mol. The molecule has 0 bridgehead atoms. The number of rotatable bonds is 10. The third kappa shape index (κ3) is 7.67. The highest BCUT2D eigenvalue weighted by Gasteiger charge is 2.24. The first-order valence-electron chi connectivity index (χ1n) is 6.58. The zero-order valence-corrected chi connectivity index (χ0v) is 11.3. The smallest absolute Gasteiger partial charge is 0.120 e. The molecule has 0 aliphatic heterocycles. The molecule has 0 saturated carbocycles. The first-order valence-corrected chi connectivity index (χ1v) is 6.58. The van der Waals surface area contributed by atoms with Crippen LogP contribution in [0, 0.1) is 11.3 Å². The molecule has 1 heteroatoms. The van der Waals surface area contributed by atoms with Gasteiger partial charge in [-0.3, -0.25) is 0 Å². The minimum atomic E-state index is 0.226. The van der Waals surface area contributed by atoms with Gasteiger partial charge in [0.25, 0.3) is 0 Å². The number of aldehydes is 1. The van der Waals surface area contributed by atoms with E-state index in [0.29, 0.717) is 12.3 Å². The quantitative estimate of drug-likeness (QED) is 0.297. The van der Waals surface area contributed by atoms with Crippen LogP contribution < -0.4 is 0 Å². The molecule has 0 rings (SSSR count). The van der Waals surface area contributed by atoms with E-state index in [-0.39, 0.29) is 5.41 Å². The summed E-state index contributed by atoms with van der Waals surface area (Å²) >= 11 is 0. The van der Waals surface area contributed by atoms with Gasteiger partial charge in [-0.15, -0.1) is 6.58 Å². The Hall–Kier alpha value is -0.590. The predicted octanol–water partition coefficient (Wildman–Crippen LogP) is 4.76. The van der Waals surface area contributed by atoms with E-state index in [2.05, 4.69) is 27.4 Å². The van der Waals surface area contributed by atoms with Crippen LogP contribution in [0.1, 0.15) is 65.7 Å². The van der Waals surface area contributed by atoms with E-state index < -0.39 is 0 Å². The Bertz CT molecular complexity index is 196. The molecule has 16 heavy (non-hydrogen) atoms. The summed E-state index contributed by atoms with van der Waals surface area (Å²) < 4.78 is 0. The molecule has 0 aromatic heterocycles. The lowest BCUT2D eigenvalue weighted by atomic mass is 9.75. The summed E-state index contributed by atoms with van der Waals surface area (Å²) in [6.07, 6.45) is 11.0. The van der Waals surface area contributed by atoms with Crippen molar-refractivity contribution in [2.75, 3.05) is 0 Å². The van der Waals surface area contributed by atoms with Crippen LogP contribution in [0.3, 0.4) is 0 Å². The van der Waals surface area contributed by atoms with Gasteiger partial charge in [0.1, 0.15) is 6.29 Å². The second-order valence-corrected chi connectivity index (χ2v) is 5.67. The van der Waals surface area contributed by atoms with Crippen LogP contribution in [0.15, 0.2) is 12.7 Å².